The van der Waals surface area contributed by atoms with Gasteiger partial charge in [0.05, 0.1) is 6.61 Å². The van der Waals surface area contributed by atoms with Crippen molar-refractivity contribution in [1.29, 1.82) is 0 Å². The van der Waals surface area contributed by atoms with E-state index < -0.39 is 5.54 Å². The van der Waals surface area contributed by atoms with Crippen molar-refractivity contribution < 1.29 is 9.53 Å². The number of rotatable bonds is 5. The van der Waals surface area contributed by atoms with Gasteiger partial charge in [-0.05, 0) is 25.2 Å². The lowest BCUT2D eigenvalue weighted by molar-refractivity contribution is -0.155. The van der Waals surface area contributed by atoms with Gasteiger partial charge in [-0.15, -0.1) is 0 Å². The molecule has 0 unspecified atom stereocenters. The first-order valence-electron chi connectivity index (χ1n) is 5.58. The highest BCUT2D eigenvalue weighted by Crippen LogP contribution is 2.30. The molecule has 82 valence electrons. The maximum absolute atomic E-state index is 11.5. The molecule has 0 aromatic rings. The molecule has 1 rings (SSSR count). The molecule has 0 saturated heterocycles. The smallest absolute Gasteiger partial charge is 0.326 e. The molecular weight excluding hydrogens is 178 g/mol. The lowest BCUT2D eigenvalue weighted by Crippen LogP contribution is -2.54. The molecule has 3 nitrogen and oxygen atoms in total. The summed E-state index contributed by atoms with van der Waals surface area (Å²) in [4.78, 5) is 11.5. The summed E-state index contributed by atoms with van der Waals surface area (Å²) in [6.07, 6.45) is 4.74. The van der Waals surface area contributed by atoms with Gasteiger partial charge in [0, 0.05) is 0 Å². The molecule has 1 aliphatic carbocycles. The summed E-state index contributed by atoms with van der Waals surface area (Å²) in [7, 11) is 0. The van der Waals surface area contributed by atoms with Crippen LogP contribution in [0.5, 0.6) is 0 Å². The van der Waals surface area contributed by atoms with Crippen LogP contribution in [0.4, 0.5) is 0 Å². The molecule has 0 amide bonds. The van der Waals surface area contributed by atoms with E-state index in [9.17, 15) is 4.79 Å². The van der Waals surface area contributed by atoms with Crippen molar-refractivity contribution in [2.45, 2.75) is 51.5 Å². The summed E-state index contributed by atoms with van der Waals surface area (Å²) >= 11 is 0. The Morgan fingerprint density at radius 1 is 1.43 bits per heavy atom. The molecule has 2 N–H and O–H groups in total. The molecule has 14 heavy (non-hydrogen) atoms. The molecule has 0 bridgehead atoms. The highest BCUT2D eigenvalue weighted by Gasteiger charge is 2.41. The van der Waals surface area contributed by atoms with Crippen molar-refractivity contribution in [1.82, 2.24) is 0 Å². The minimum Gasteiger partial charge on any atom is -0.464 e. The third-order valence-corrected chi connectivity index (χ3v) is 3.26. The SMILES string of the molecule is CCC(CC)COC(=O)C1(N)CCC1. The molecular formula is C11H21NO2. The van der Waals surface area contributed by atoms with E-state index in [4.69, 9.17) is 10.5 Å². The molecule has 0 aliphatic heterocycles. The number of esters is 1. The van der Waals surface area contributed by atoms with Crippen molar-refractivity contribution in [3.05, 3.63) is 0 Å². The zero-order chi connectivity index (χ0) is 10.6. The van der Waals surface area contributed by atoms with Crippen molar-refractivity contribution in [2.24, 2.45) is 11.7 Å². The summed E-state index contributed by atoms with van der Waals surface area (Å²) in [6.45, 7) is 4.76. The van der Waals surface area contributed by atoms with Gasteiger partial charge in [0.2, 0.25) is 0 Å². The quantitative estimate of drug-likeness (QED) is 0.687. The summed E-state index contributed by atoms with van der Waals surface area (Å²) in [5, 5.41) is 0. The number of ether oxygens (including phenoxy) is 1. The van der Waals surface area contributed by atoms with Crippen LogP contribution in [-0.4, -0.2) is 18.1 Å². The highest BCUT2D eigenvalue weighted by molar-refractivity contribution is 5.81. The van der Waals surface area contributed by atoms with E-state index in [0.717, 1.165) is 32.1 Å². The van der Waals surface area contributed by atoms with Crippen molar-refractivity contribution in [3.63, 3.8) is 0 Å². The summed E-state index contributed by atoms with van der Waals surface area (Å²) in [5.74, 6) is 0.290. The third kappa shape index (κ3) is 2.47. The Morgan fingerprint density at radius 2 is 2.00 bits per heavy atom. The van der Waals surface area contributed by atoms with Gasteiger partial charge in [-0.25, -0.2) is 0 Å². The first-order chi connectivity index (χ1) is 6.62. The van der Waals surface area contributed by atoms with E-state index in [2.05, 4.69) is 13.8 Å². The van der Waals surface area contributed by atoms with Crippen LogP contribution in [0, 0.1) is 5.92 Å². The van der Waals surface area contributed by atoms with Crippen LogP contribution >= 0.6 is 0 Å². The average molecular weight is 199 g/mol. The number of hydrogen-bond acceptors (Lipinski definition) is 3. The normalized spacial score (nSPS) is 19.1. The van der Waals surface area contributed by atoms with Gasteiger partial charge in [0.25, 0.3) is 0 Å². The van der Waals surface area contributed by atoms with Crippen LogP contribution in [0.1, 0.15) is 46.0 Å². The monoisotopic (exact) mass is 199 g/mol. The molecule has 1 saturated carbocycles. The first-order valence-corrected chi connectivity index (χ1v) is 5.58. The van der Waals surface area contributed by atoms with Crippen LogP contribution < -0.4 is 5.73 Å². The Hall–Kier alpha value is -0.570. The predicted octanol–water partition coefficient (Wildman–Crippen LogP) is 1.85. The Kier molecular flexibility index (Phi) is 3.93. The van der Waals surface area contributed by atoms with E-state index in [1.807, 2.05) is 0 Å². The molecule has 0 heterocycles. The van der Waals surface area contributed by atoms with Crippen LogP contribution in [0.2, 0.25) is 0 Å². The minimum atomic E-state index is -0.647. The van der Waals surface area contributed by atoms with E-state index in [1.165, 1.54) is 0 Å². The fourth-order valence-electron chi connectivity index (χ4n) is 1.62. The second-order valence-corrected chi connectivity index (χ2v) is 4.29. The Labute approximate surface area is 86.0 Å². The van der Waals surface area contributed by atoms with Crippen LogP contribution in [0.25, 0.3) is 0 Å². The van der Waals surface area contributed by atoms with Gasteiger partial charge in [0.15, 0.2) is 0 Å². The van der Waals surface area contributed by atoms with Crippen LogP contribution in [-0.2, 0) is 9.53 Å². The standard InChI is InChI=1S/C11H21NO2/c1-3-9(4-2)8-14-10(13)11(12)6-5-7-11/h9H,3-8,12H2,1-2H3. The molecule has 0 radical (unpaired) electrons. The summed E-state index contributed by atoms with van der Waals surface area (Å²) in [5.41, 5.74) is 5.19. The van der Waals surface area contributed by atoms with Crippen LogP contribution in [0.3, 0.4) is 0 Å². The second-order valence-electron chi connectivity index (χ2n) is 4.29. The lowest BCUT2D eigenvalue weighted by Gasteiger charge is -2.35. The minimum absolute atomic E-state index is 0.198. The molecule has 1 fully saturated rings. The Balaban J connectivity index is 2.27. The summed E-state index contributed by atoms with van der Waals surface area (Å²) < 4.78 is 5.23. The predicted molar refractivity (Wildman–Crippen MR) is 55.8 cm³/mol. The second kappa shape index (κ2) is 4.78. The van der Waals surface area contributed by atoms with Gasteiger partial charge in [-0.1, -0.05) is 26.7 Å². The third-order valence-electron chi connectivity index (χ3n) is 3.26. The molecule has 1 aliphatic rings. The molecule has 3 heteroatoms. The number of carbonyl (C=O) groups is 1. The van der Waals surface area contributed by atoms with Crippen molar-refractivity contribution in [3.8, 4) is 0 Å². The molecule has 0 aromatic heterocycles. The molecule has 0 aromatic carbocycles. The van der Waals surface area contributed by atoms with E-state index >= 15 is 0 Å². The number of carbonyl (C=O) groups excluding carboxylic acids is 1. The fraction of sp³-hybridized carbons (Fsp3) is 0.909. The topological polar surface area (TPSA) is 52.3 Å². The van der Waals surface area contributed by atoms with Crippen LogP contribution in [0.15, 0.2) is 0 Å². The van der Waals surface area contributed by atoms with E-state index in [-0.39, 0.29) is 5.97 Å². The largest absolute Gasteiger partial charge is 0.464 e. The number of hydrogen-bond donors (Lipinski definition) is 1. The van der Waals surface area contributed by atoms with Gasteiger partial charge in [-0.2, -0.15) is 0 Å². The number of nitrogens with two attached hydrogens (primary N) is 1. The van der Waals surface area contributed by atoms with Crippen molar-refractivity contribution in [2.75, 3.05) is 6.61 Å². The summed E-state index contributed by atoms with van der Waals surface area (Å²) in [6, 6.07) is 0. The zero-order valence-electron chi connectivity index (χ0n) is 9.21. The maximum atomic E-state index is 11.5. The van der Waals surface area contributed by atoms with Gasteiger partial charge in [0.1, 0.15) is 5.54 Å². The first kappa shape index (κ1) is 11.5. The highest BCUT2D eigenvalue weighted by atomic mass is 16.5. The zero-order valence-corrected chi connectivity index (χ0v) is 9.21. The molecule has 0 spiro atoms. The average Bonchev–Trinajstić information content (AvgIpc) is 2.15. The Bertz CT molecular complexity index is 195. The van der Waals surface area contributed by atoms with E-state index in [0.29, 0.717) is 12.5 Å². The Morgan fingerprint density at radius 3 is 2.36 bits per heavy atom. The van der Waals surface area contributed by atoms with Gasteiger partial charge < -0.3 is 10.5 Å². The molecule has 0 atom stereocenters. The maximum Gasteiger partial charge on any atom is 0.326 e. The lowest BCUT2D eigenvalue weighted by atomic mass is 9.78. The van der Waals surface area contributed by atoms with Gasteiger partial charge >= 0.3 is 5.97 Å². The van der Waals surface area contributed by atoms with Gasteiger partial charge in [-0.3, -0.25) is 4.79 Å². The fourth-order valence-corrected chi connectivity index (χ4v) is 1.62. The van der Waals surface area contributed by atoms with Crippen molar-refractivity contribution >= 4 is 5.97 Å². The van der Waals surface area contributed by atoms with E-state index in [1.54, 1.807) is 0 Å².